The van der Waals surface area contributed by atoms with E-state index < -0.39 is 40.9 Å². The number of rotatable bonds is 34. The van der Waals surface area contributed by atoms with Crippen molar-refractivity contribution in [2.45, 2.75) is 224 Å². The van der Waals surface area contributed by atoms with E-state index in [4.69, 9.17) is 16.3 Å². The average Bonchev–Trinajstić information content (AvgIpc) is 3.03. The molecule has 0 aliphatic carbocycles. The maximum Gasteiger partial charge on any atom is 0.346 e. The first-order chi connectivity index (χ1) is 22.1. The summed E-state index contributed by atoms with van der Waals surface area (Å²) in [5.74, 6) is -3.09. The van der Waals surface area contributed by atoms with Gasteiger partial charge in [-0.2, -0.15) is 0 Å². The van der Waals surface area contributed by atoms with E-state index in [1.165, 1.54) is 110 Å². The summed E-state index contributed by atoms with van der Waals surface area (Å²) < 4.78 is 4.85. The highest BCUT2D eigenvalue weighted by molar-refractivity contribution is 6.20. The highest BCUT2D eigenvalue weighted by atomic mass is 35.5. The molecule has 8 heteroatoms. The Morgan fingerprint density at radius 3 is 1.00 bits per heavy atom. The summed E-state index contributed by atoms with van der Waals surface area (Å²) >= 11 is 5.76. The highest BCUT2D eigenvalue weighted by Crippen LogP contribution is 2.25. The third-order valence-corrected chi connectivity index (χ3v) is 9.18. The summed E-state index contributed by atoms with van der Waals surface area (Å²) in [7, 11) is 0. The van der Waals surface area contributed by atoms with E-state index in [1.54, 1.807) is 0 Å². The molecule has 272 valence electrons. The van der Waals surface area contributed by atoms with Gasteiger partial charge >= 0.3 is 5.97 Å². The van der Waals surface area contributed by atoms with Gasteiger partial charge in [0.15, 0.2) is 29.3 Å². The second-order valence-electron chi connectivity index (χ2n) is 13.5. The minimum absolute atomic E-state index is 0.0787. The van der Waals surface area contributed by atoms with Crippen molar-refractivity contribution < 1.29 is 34.4 Å². The van der Waals surface area contributed by atoms with Crippen LogP contribution in [0.3, 0.4) is 0 Å². The second kappa shape index (κ2) is 30.1. The molecule has 3 N–H and O–H groups in total. The van der Waals surface area contributed by atoms with Gasteiger partial charge in [-0.3, -0.25) is 9.59 Å². The van der Waals surface area contributed by atoms with Crippen LogP contribution in [0.4, 0.5) is 0 Å². The van der Waals surface area contributed by atoms with Crippen LogP contribution < -0.4 is 0 Å². The molecule has 0 aromatic heterocycles. The number of halogens is 1. The molecule has 0 saturated carbocycles. The number of hydrogen-bond donors (Lipinski definition) is 3. The van der Waals surface area contributed by atoms with E-state index in [0.29, 0.717) is 12.8 Å². The van der Waals surface area contributed by atoms with Crippen molar-refractivity contribution in [3.63, 3.8) is 0 Å². The minimum atomic E-state index is -3.11. The number of esters is 1. The zero-order chi connectivity index (χ0) is 34.5. The van der Waals surface area contributed by atoms with Crippen molar-refractivity contribution in [1.29, 1.82) is 0 Å². The Kier molecular flexibility index (Phi) is 29.4. The molecule has 0 aliphatic rings. The third kappa shape index (κ3) is 21.8. The number of ether oxygens (including phenoxy) is 1. The summed E-state index contributed by atoms with van der Waals surface area (Å²) in [6.07, 6.45) is 24.8. The molecule has 7 nitrogen and oxygen atoms in total. The number of carbonyl (C=O) groups excluding carboxylic acids is 3. The van der Waals surface area contributed by atoms with Gasteiger partial charge in [0.05, 0.1) is 0 Å². The van der Waals surface area contributed by atoms with Gasteiger partial charge in [0.1, 0.15) is 0 Å². The van der Waals surface area contributed by atoms with Crippen LogP contribution in [0.2, 0.25) is 0 Å². The number of alkyl halides is 1. The normalized spacial score (nSPS) is 14.8. The lowest BCUT2D eigenvalue weighted by molar-refractivity contribution is -0.201. The smallest absolute Gasteiger partial charge is 0.346 e. The monoisotopic (exact) mass is 674 g/mol. The van der Waals surface area contributed by atoms with Gasteiger partial charge in [0, 0.05) is 12.8 Å². The largest absolute Gasteiger partial charge is 0.444 e. The summed E-state index contributed by atoms with van der Waals surface area (Å²) in [6.45, 7) is 5.78. The zero-order valence-electron chi connectivity index (χ0n) is 29.9. The maximum absolute atomic E-state index is 12.8. The fourth-order valence-electron chi connectivity index (χ4n) is 6.01. The number of ketones is 2. The van der Waals surface area contributed by atoms with Crippen molar-refractivity contribution in [1.82, 2.24) is 0 Å². The summed E-state index contributed by atoms with van der Waals surface area (Å²) in [5.41, 5.74) is -4.30. The fourth-order valence-corrected chi connectivity index (χ4v) is 6.09. The van der Waals surface area contributed by atoms with Gasteiger partial charge in [0.25, 0.3) is 0 Å². The second-order valence-corrected chi connectivity index (χ2v) is 14.1. The third-order valence-electron chi connectivity index (χ3n) is 9.09. The lowest BCUT2D eigenvalue weighted by atomic mass is 9.83. The Balaban J connectivity index is 4.48. The highest BCUT2D eigenvalue weighted by Gasteiger charge is 2.56. The first-order valence-electron chi connectivity index (χ1n) is 19.1. The molecule has 0 radical (unpaired) electrons. The summed E-state index contributed by atoms with van der Waals surface area (Å²) in [4.78, 5) is 38.4. The minimum Gasteiger partial charge on any atom is -0.444 e. The standard InChI is InChI=1S/C38H71ClO7/c1-4-6-8-10-12-14-16-18-20-22-24-26-28-30-33(40)35(42)38(45,37(44)46-32(3)39)36(43)34(41)31-29-27-25-23-21-19-17-15-13-11-9-7-5-2/h32,35-36,42-43,45H,4-31H2,1-3H3. The van der Waals surface area contributed by atoms with Gasteiger partial charge in [0.2, 0.25) is 5.60 Å². The van der Waals surface area contributed by atoms with Crippen molar-refractivity contribution >= 4 is 29.1 Å². The molecule has 0 aliphatic heterocycles. The van der Waals surface area contributed by atoms with E-state index in [-0.39, 0.29) is 12.8 Å². The van der Waals surface area contributed by atoms with Crippen LogP contribution in [0.1, 0.15) is 201 Å². The Bertz CT molecular complexity index is 709. The van der Waals surface area contributed by atoms with Crippen molar-refractivity contribution in [2.24, 2.45) is 0 Å². The quantitative estimate of drug-likeness (QED) is 0.0353. The molecule has 0 aromatic carbocycles. The number of Topliss-reactive ketones (excluding diaryl/α,β-unsaturated/α-hetero) is 2. The van der Waals surface area contributed by atoms with Gasteiger partial charge in [-0.25, -0.2) is 4.79 Å². The summed E-state index contributed by atoms with van der Waals surface area (Å²) in [6, 6.07) is 0. The Hall–Kier alpha value is -1.02. The Morgan fingerprint density at radius 2 is 0.761 bits per heavy atom. The molecule has 3 atom stereocenters. The number of aliphatic hydroxyl groups is 3. The first-order valence-corrected chi connectivity index (χ1v) is 19.6. The molecule has 0 saturated heterocycles. The van der Waals surface area contributed by atoms with Gasteiger partial charge < -0.3 is 20.1 Å². The molecule has 0 rings (SSSR count). The van der Waals surface area contributed by atoms with E-state index in [1.807, 2.05) is 0 Å². The van der Waals surface area contributed by atoms with Gasteiger partial charge in [-0.1, -0.05) is 180 Å². The molecule has 0 amide bonds. The fraction of sp³-hybridized carbons (Fsp3) is 0.921. The van der Waals surface area contributed by atoms with Crippen molar-refractivity contribution in [3.8, 4) is 0 Å². The number of aliphatic hydroxyl groups excluding tert-OH is 2. The molecule has 0 aromatic rings. The van der Waals surface area contributed by atoms with E-state index in [0.717, 1.165) is 51.4 Å². The predicted molar refractivity (Wildman–Crippen MR) is 189 cm³/mol. The lowest BCUT2D eigenvalue weighted by Crippen LogP contribution is -2.63. The predicted octanol–water partition coefficient (Wildman–Crippen LogP) is 9.67. The van der Waals surface area contributed by atoms with Crippen molar-refractivity contribution in [3.05, 3.63) is 0 Å². The molecule has 0 fully saturated rings. The van der Waals surface area contributed by atoms with Crippen LogP contribution in [-0.2, 0) is 19.1 Å². The molecule has 0 bridgehead atoms. The zero-order valence-corrected chi connectivity index (χ0v) is 30.6. The number of unbranched alkanes of at least 4 members (excludes halogenated alkanes) is 24. The first kappa shape index (κ1) is 45.0. The summed E-state index contributed by atoms with van der Waals surface area (Å²) in [5, 5.41) is 32.7. The van der Waals surface area contributed by atoms with E-state index >= 15 is 0 Å². The number of carbonyl (C=O) groups is 3. The van der Waals surface area contributed by atoms with Crippen LogP contribution in [0.5, 0.6) is 0 Å². The van der Waals surface area contributed by atoms with Crippen LogP contribution >= 0.6 is 11.6 Å². The SMILES string of the molecule is CCCCCCCCCCCCCCCC(=O)C(O)C(O)(C(=O)OC(C)Cl)C(O)C(=O)CCCCCCCCCCCCCCC. The van der Waals surface area contributed by atoms with Crippen LogP contribution in [-0.4, -0.2) is 56.2 Å². The molecule has 3 unspecified atom stereocenters. The van der Waals surface area contributed by atoms with E-state index in [9.17, 15) is 29.7 Å². The van der Waals surface area contributed by atoms with Crippen LogP contribution in [0.15, 0.2) is 0 Å². The maximum atomic E-state index is 12.8. The molecular formula is C38H71ClO7. The Morgan fingerprint density at radius 1 is 0.522 bits per heavy atom. The van der Waals surface area contributed by atoms with Gasteiger partial charge in [-0.05, 0) is 19.8 Å². The molecule has 46 heavy (non-hydrogen) atoms. The number of hydrogen-bond acceptors (Lipinski definition) is 7. The molecule has 0 spiro atoms. The van der Waals surface area contributed by atoms with E-state index in [2.05, 4.69) is 13.8 Å². The topological polar surface area (TPSA) is 121 Å². The van der Waals surface area contributed by atoms with Crippen molar-refractivity contribution in [2.75, 3.05) is 0 Å². The van der Waals surface area contributed by atoms with Gasteiger partial charge in [-0.15, -0.1) is 0 Å². The Labute approximate surface area is 287 Å². The average molecular weight is 675 g/mol. The van der Waals surface area contributed by atoms with Crippen LogP contribution in [0.25, 0.3) is 0 Å². The molecular weight excluding hydrogens is 604 g/mol. The molecule has 0 heterocycles. The van der Waals surface area contributed by atoms with Crippen LogP contribution in [0, 0.1) is 0 Å². The lowest BCUT2D eigenvalue weighted by Gasteiger charge is -2.33.